The summed E-state index contributed by atoms with van der Waals surface area (Å²) in [6, 6.07) is 5.92. The summed E-state index contributed by atoms with van der Waals surface area (Å²) in [7, 11) is -3.73. The molecular weight excluding hydrogens is 418 g/mol. The van der Waals surface area contributed by atoms with Crippen LogP contribution in [-0.2, 0) is 24.3 Å². The van der Waals surface area contributed by atoms with Gasteiger partial charge in [-0.15, -0.1) is 0 Å². The van der Waals surface area contributed by atoms with Crippen LogP contribution in [0.4, 0.5) is 11.4 Å². The van der Waals surface area contributed by atoms with E-state index in [1.54, 1.807) is 0 Å². The van der Waals surface area contributed by atoms with Gasteiger partial charge in [0.2, 0.25) is 21.8 Å². The monoisotopic (exact) mass is 453 g/mol. The van der Waals surface area contributed by atoms with Crippen LogP contribution in [0.25, 0.3) is 0 Å². The van der Waals surface area contributed by atoms with Crippen molar-refractivity contribution in [2.45, 2.75) is 77.8 Å². The van der Waals surface area contributed by atoms with Crippen molar-refractivity contribution in [2.75, 3.05) is 23.3 Å². The summed E-state index contributed by atoms with van der Waals surface area (Å²) in [6.45, 7) is 12.3. The van der Waals surface area contributed by atoms with E-state index in [2.05, 4.69) is 28.8 Å². The first-order chi connectivity index (χ1) is 14.3. The molecule has 0 spiro atoms. The largest absolute Gasteiger partial charge is 0.372 e. The number of hydrogen-bond donors (Lipinski definition) is 2. The third-order valence-electron chi connectivity index (χ3n) is 5.13. The predicted octanol–water partition coefficient (Wildman–Crippen LogP) is 2.96. The van der Waals surface area contributed by atoms with E-state index in [1.165, 1.54) is 20.8 Å². The van der Waals surface area contributed by atoms with Crippen molar-refractivity contribution in [3.8, 4) is 0 Å². The van der Waals surface area contributed by atoms with Gasteiger partial charge in [0, 0.05) is 37.3 Å². The van der Waals surface area contributed by atoms with Gasteiger partial charge in [-0.2, -0.15) is 0 Å². The maximum Gasteiger partial charge on any atom is 0.239 e. The third-order valence-corrected chi connectivity index (χ3v) is 7.24. The molecule has 0 saturated carbocycles. The number of benzene rings is 1. The van der Waals surface area contributed by atoms with Crippen LogP contribution in [0.2, 0.25) is 0 Å². The van der Waals surface area contributed by atoms with E-state index in [0.29, 0.717) is 0 Å². The molecule has 8 nitrogen and oxygen atoms in total. The van der Waals surface area contributed by atoms with Gasteiger partial charge in [0.1, 0.15) is 0 Å². The number of sulfonamides is 1. The summed E-state index contributed by atoms with van der Waals surface area (Å²) in [6.07, 6.45) is 0.687. The van der Waals surface area contributed by atoms with E-state index in [-0.39, 0.29) is 37.4 Å². The molecule has 1 aliphatic rings. The smallest absolute Gasteiger partial charge is 0.239 e. The molecule has 2 atom stereocenters. The lowest BCUT2D eigenvalue weighted by atomic mass is 10.1. The molecule has 0 radical (unpaired) electrons. The van der Waals surface area contributed by atoms with Gasteiger partial charge in [-0.05, 0) is 71.7 Å². The van der Waals surface area contributed by atoms with Crippen LogP contribution in [0.5, 0.6) is 0 Å². The first kappa shape index (κ1) is 25.1. The Bertz CT molecular complexity index is 898. The van der Waals surface area contributed by atoms with Crippen molar-refractivity contribution in [1.82, 2.24) is 4.72 Å². The van der Waals surface area contributed by atoms with Gasteiger partial charge in [0.25, 0.3) is 0 Å². The second-order valence-electron chi connectivity index (χ2n) is 9.20. The zero-order valence-electron chi connectivity index (χ0n) is 19.3. The second-order valence-corrected chi connectivity index (χ2v) is 11.6. The molecular formula is C22H35N3O5S. The minimum absolute atomic E-state index is 0.0337. The summed E-state index contributed by atoms with van der Waals surface area (Å²) in [5.41, 5.74) is 2.77. The maximum atomic E-state index is 12.3. The van der Waals surface area contributed by atoms with E-state index < -0.39 is 20.7 Å². The molecule has 0 aliphatic carbocycles. The standard InChI is InChI=1S/C22H35N3O5S/c1-15-12-18(25-13-16(2)30-17(3)14-25)10-11-19(15)23-20(26)8-7-9-21(27)24-31(28,29)22(4,5)6/h10-12,16-17H,7-9,13-14H2,1-6H3,(H,23,26)(H,24,27)/t16-,17+. The lowest BCUT2D eigenvalue weighted by Crippen LogP contribution is -2.45. The number of carbonyl (C=O) groups excluding carboxylic acids is 2. The minimum atomic E-state index is -3.73. The normalized spacial score (nSPS) is 19.7. The van der Waals surface area contributed by atoms with Gasteiger partial charge in [-0.25, -0.2) is 8.42 Å². The molecule has 1 saturated heterocycles. The van der Waals surface area contributed by atoms with Crippen molar-refractivity contribution >= 4 is 33.2 Å². The number of amides is 2. The van der Waals surface area contributed by atoms with Gasteiger partial charge in [-0.3, -0.25) is 14.3 Å². The van der Waals surface area contributed by atoms with Gasteiger partial charge < -0.3 is 15.0 Å². The molecule has 0 bridgehead atoms. The number of aryl methyl sites for hydroxylation is 1. The van der Waals surface area contributed by atoms with Crippen molar-refractivity contribution < 1.29 is 22.7 Å². The number of rotatable bonds is 7. The number of morpholine rings is 1. The highest BCUT2D eigenvalue weighted by Gasteiger charge is 2.30. The molecule has 9 heteroatoms. The molecule has 1 fully saturated rings. The van der Waals surface area contributed by atoms with Crippen LogP contribution < -0.4 is 14.9 Å². The molecule has 1 heterocycles. The highest BCUT2D eigenvalue weighted by molar-refractivity contribution is 7.91. The number of hydrogen-bond acceptors (Lipinski definition) is 6. The third kappa shape index (κ3) is 7.21. The molecule has 2 N–H and O–H groups in total. The zero-order valence-corrected chi connectivity index (χ0v) is 20.1. The van der Waals surface area contributed by atoms with Crippen molar-refractivity contribution in [2.24, 2.45) is 0 Å². The summed E-state index contributed by atoms with van der Waals surface area (Å²) in [5, 5.41) is 2.87. The molecule has 1 aliphatic heterocycles. The lowest BCUT2D eigenvalue weighted by Gasteiger charge is -2.37. The molecule has 1 aromatic rings. The topological polar surface area (TPSA) is 105 Å². The first-order valence-electron chi connectivity index (χ1n) is 10.6. The highest BCUT2D eigenvalue weighted by atomic mass is 32.2. The van der Waals surface area contributed by atoms with Crippen molar-refractivity contribution in [1.29, 1.82) is 0 Å². The van der Waals surface area contributed by atoms with E-state index in [9.17, 15) is 18.0 Å². The fourth-order valence-corrected chi connectivity index (χ4v) is 4.06. The Balaban J connectivity index is 1.85. The Kier molecular flexibility index (Phi) is 8.10. The van der Waals surface area contributed by atoms with Gasteiger partial charge in [0.05, 0.1) is 17.0 Å². The van der Waals surface area contributed by atoms with Crippen LogP contribution >= 0.6 is 0 Å². The lowest BCUT2D eigenvalue weighted by molar-refractivity contribution is -0.119. The number of carbonyl (C=O) groups is 2. The fourth-order valence-electron chi connectivity index (χ4n) is 3.35. The van der Waals surface area contributed by atoms with Crippen molar-refractivity contribution in [3.63, 3.8) is 0 Å². The van der Waals surface area contributed by atoms with Crippen LogP contribution in [0.15, 0.2) is 18.2 Å². The average molecular weight is 454 g/mol. The Morgan fingerprint density at radius 1 is 1.10 bits per heavy atom. The number of ether oxygens (including phenoxy) is 1. The SMILES string of the molecule is Cc1cc(N2C[C@@H](C)O[C@@H](C)C2)ccc1NC(=O)CCCC(=O)NS(=O)(=O)C(C)(C)C. The summed E-state index contributed by atoms with van der Waals surface area (Å²) < 4.78 is 30.8. The minimum Gasteiger partial charge on any atom is -0.372 e. The summed E-state index contributed by atoms with van der Waals surface area (Å²) in [5.74, 6) is -0.812. The van der Waals surface area contributed by atoms with Crippen LogP contribution in [0.3, 0.4) is 0 Å². The summed E-state index contributed by atoms with van der Waals surface area (Å²) in [4.78, 5) is 26.5. The Labute approximate surface area is 185 Å². The molecule has 0 unspecified atom stereocenters. The van der Waals surface area contributed by atoms with Crippen LogP contribution in [0.1, 0.15) is 59.4 Å². The van der Waals surface area contributed by atoms with Crippen LogP contribution in [-0.4, -0.2) is 50.3 Å². The van der Waals surface area contributed by atoms with Gasteiger partial charge in [0.15, 0.2) is 0 Å². The number of nitrogens with zero attached hydrogens (tertiary/aromatic N) is 1. The molecule has 0 aromatic heterocycles. The van der Waals surface area contributed by atoms with Gasteiger partial charge in [-0.1, -0.05) is 0 Å². The van der Waals surface area contributed by atoms with E-state index in [4.69, 9.17) is 4.74 Å². The Hall–Kier alpha value is -2.13. The van der Waals surface area contributed by atoms with E-state index in [0.717, 1.165) is 30.0 Å². The van der Waals surface area contributed by atoms with E-state index in [1.807, 2.05) is 25.1 Å². The fraction of sp³-hybridized carbons (Fsp3) is 0.636. The van der Waals surface area contributed by atoms with Crippen molar-refractivity contribution in [3.05, 3.63) is 23.8 Å². The zero-order chi connectivity index (χ0) is 23.4. The first-order valence-corrected chi connectivity index (χ1v) is 12.1. The predicted molar refractivity (Wildman–Crippen MR) is 123 cm³/mol. The molecule has 31 heavy (non-hydrogen) atoms. The van der Waals surface area contributed by atoms with E-state index >= 15 is 0 Å². The summed E-state index contributed by atoms with van der Waals surface area (Å²) >= 11 is 0. The molecule has 2 rings (SSSR count). The molecule has 174 valence electrons. The molecule has 1 aromatic carbocycles. The molecule has 2 amide bonds. The van der Waals surface area contributed by atoms with Gasteiger partial charge >= 0.3 is 0 Å². The maximum absolute atomic E-state index is 12.3. The quantitative estimate of drug-likeness (QED) is 0.658. The number of nitrogens with one attached hydrogen (secondary N) is 2. The van der Waals surface area contributed by atoms with Crippen LogP contribution in [0, 0.1) is 6.92 Å². The Morgan fingerprint density at radius 2 is 1.68 bits per heavy atom. The number of anilines is 2. The second kappa shape index (κ2) is 9.99. The highest BCUT2D eigenvalue weighted by Crippen LogP contribution is 2.25. The Morgan fingerprint density at radius 3 is 2.23 bits per heavy atom. The average Bonchev–Trinajstić information content (AvgIpc) is 2.61.